The first-order valence-electron chi connectivity index (χ1n) is 6.05. The van der Waals surface area contributed by atoms with Gasteiger partial charge in [-0.1, -0.05) is 6.07 Å². The lowest BCUT2D eigenvalue weighted by Crippen LogP contribution is -2.13. The molecular formula is C14H18N2O2. The maximum atomic E-state index is 11.7. The van der Waals surface area contributed by atoms with E-state index in [2.05, 4.69) is 11.4 Å². The summed E-state index contributed by atoms with van der Waals surface area (Å²) >= 11 is 0. The Morgan fingerprint density at radius 2 is 2.28 bits per heavy atom. The second-order valence-electron chi connectivity index (χ2n) is 3.99. The largest absolute Gasteiger partial charge is 0.382 e. The Hall–Kier alpha value is -1.86. The molecule has 0 aromatic heterocycles. The molecule has 0 heterocycles. The fraction of sp³-hybridized carbons (Fsp3) is 0.429. The quantitative estimate of drug-likeness (QED) is 0.785. The van der Waals surface area contributed by atoms with Crippen molar-refractivity contribution in [2.75, 3.05) is 18.5 Å². The molecule has 4 heteroatoms. The molecule has 96 valence electrons. The normalized spacial score (nSPS) is 9.83. The fourth-order valence-corrected chi connectivity index (χ4v) is 1.52. The van der Waals surface area contributed by atoms with Crippen molar-refractivity contribution in [2.24, 2.45) is 0 Å². The zero-order valence-electron chi connectivity index (χ0n) is 10.8. The van der Waals surface area contributed by atoms with Gasteiger partial charge in [-0.25, -0.2) is 0 Å². The first-order valence-corrected chi connectivity index (χ1v) is 6.05. The lowest BCUT2D eigenvalue weighted by atomic mass is 10.1. The Balaban J connectivity index is 2.51. The number of nitrogens with one attached hydrogen (secondary N) is 1. The Morgan fingerprint density at radius 1 is 1.50 bits per heavy atom. The summed E-state index contributed by atoms with van der Waals surface area (Å²) in [5.41, 5.74) is 2.20. The van der Waals surface area contributed by atoms with Crippen molar-refractivity contribution in [1.82, 2.24) is 0 Å². The Morgan fingerprint density at radius 3 is 2.94 bits per heavy atom. The van der Waals surface area contributed by atoms with Crippen LogP contribution in [0.15, 0.2) is 18.2 Å². The van der Waals surface area contributed by atoms with Crippen LogP contribution in [0.25, 0.3) is 0 Å². The number of ether oxygens (including phenoxy) is 1. The average molecular weight is 246 g/mol. The highest BCUT2D eigenvalue weighted by molar-refractivity contribution is 5.91. The summed E-state index contributed by atoms with van der Waals surface area (Å²) in [5.74, 6) is -0.0482. The fourth-order valence-electron chi connectivity index (χ4n) is 1.52. The number of anilines is 1. The minimum absolute atomic E-state index is 0.0482. The van der Waals surface area contributed by atoms with Crippen molar-refractivity contribution in [2.45, 2.75) is 26.7 Å². The number of benzene rings is 1. The second kappa shape index (κ2) is 7.46. The highest BCUT2D eigenvalue weighted by atomic mass is 16.5. The van der Waals surface area contributed by atoms with Gasteiger partial charge in [0.25, 0.3) is 0 Å². The van der Waals surface area contributed by atoms with Crippen molar-refractivity contribution in [3.05, 3.63) is 29.3 Å². The van der Waals surface area contributed by atoms with Crippen LogP contribution in [0.1, 0.15) is 30.9 Å². The minimum atomic E-state index is -0.0482. The molecule has 0 radical (unpaired) electrons. The highest BCUT2D eigenvalue weighted by Crippen LogP contribution is 2.16. The molecule has 0 unspecified atom stereocenters. The van der Waals surface area contributed by atoms with E-state index in [1.165, 1.54) is 0 Å². The van der Waals surface area contributed by atoms with Crippen molar-refractivity contribution in [3.63, 3.8) is 0 Å². The van der Waals surface area contributed by atoms with Gasteiger partial charge in [0.2, 0.25) is 5.91 Å². The number of hydrogen-bond acceptors (Lipinski definition) is 3. The number of nitriles is 1. The van der Waals surface area contributed by atoms with Gasteiger partial charge in [-0.3, -0.25) is 4.79 Å². The van der Waals surface area contributed by atoms with Crippen molar-refractivity contribution in [1.29, 1.82) is 5.26 Å². The molecule has 0 bridgehead atoms. The number of carbonyl (C=O) groups excluding carboxylic acids is 1. The Kier molecular flexibility index (Phi) is 5.89. The summed E-state index contributed by atoms with van der Waals surface area (Å²) in [7, 11) is 0. The molecule has 0 aliphatic heterocycles. The molecule has 0 saturated carbocycles. The SMILES string of the molecule is CCOCCCC(=O)Nc1cc(C#N)ccc1C. The van der Waals surface area contributed by atoms with Crippen molar-refractivity contribution >= 4 is 11.6 Å². The van der Waals surface area contributed by atoms with E-state index in [4.69, 9.17) is 10.00 Å². The van der Waals surface area contributed by atoms with Gasteiger partial charge < -0.3 is 10.1 Å². The molecule has 1 rings (SSSR count). The molecule has 1 amide bonds. The van der Waals surface area contributed by atoms with Crippen LogP contribution in [0.4, 0.5) is 5.69 Å². The molecule has 4 nitrogen and oxygen atoms in total. The Labute approximate surface area is 108 Å². The van der Waals surface area contributed by atoms with Crippen LogP contribution in [-0.4, -0.2) is 19.1 Å². The third-order valence-corrected chi connectivity index (χ3v) is 2.54. The Bertz CT molecular complexity index is 450. The summed E-state index contributed by atoms with van der Waals surface area (Å²) in [6.07, 6.45) is 1.13. The molecule has 0 aliphatic carbocycles. The molecule has 0 spiro atoms. The predicted molar refractivity (Wildman–Crippen MR) is 70.3 cm³/mol. The lowest BCUT2D eigenvalue weighted by Gasteiger charge is -2.08. The van der Waals surface area contributed by atoms with E-state index in [1.807, 2.05) is 19.9 Å². The lowest BCUT2D eigenvalue weighted by molar-refractivity contribution is -0.116. The van der Waals surface area contributed by atoms with Crippen LogP contribution >= 0.6 is 0 Å². The van der Waals surface area contributed by atoms with Gasteiger partial charge in [0, 0.05) is 25.3 Å². The summed E-state index contributed by atoms with van der Waals surface area (Å²) in [6.45, 7) is 5.10. The number of carbonyl (C=O) groups is 1. The second-order valence-corrected chi connectivity index (χ2v) is 3.99. The van der Waals surface area contributed by atoms with Gasteiger partial charge in [0.1, 0.15) is 0 Å². The van der Waals surface area contributed by atoms with E-state index in [9.17, 15) is 4.79 Å². The molecule has 0 fully saturated rings. The minimum Gasteiger partial charge on any atom is -0.382 e. The zero-order chi connectivity index (χ0) is 13.4. The van der Waals surface area contributed by atoms with Crippen molar-refractivity contribution in [3.8, 4) is 6.07 Å². The molecule has 18 heavy (non-hydrogen) atoms. The molecule has 1 aromatic rings. The third-order valence-electron chi connectivity index (χ3n) is 2.54. The molecular weight excluding hydrogens is 228 g/mol. The summed E-state index contributed by atoms with van der Waals surface area (Å²) in [5, 5.41) is 11.6. The molecule has 1 aromatic carbocycles. The average Bonchev–Trinajstić information content (AvgIpc) is 2.37. The third kappa shape index (κ3) is 4.56. The summed E-state index contributed by atoms with van der Waals surface area (Å²) in [4.78, 5) is 11.7. The number of hydrogen-bond donors (Lipinski definition) is 1. The molecule has 1 N–H and O–H groups in total. The van der Waals surface area contributed by atoms with Crippen LogP contribution < -0.4 is 5.32 Å². The first kappa shape index (κ1) is 14.2. The number of rotatable bonds is 6. The maximum absolute atomic E-state index is 11.7. The van der Waals surface area contributed by atoms with Crippen LogP contribution in [0, 0.1) is 18.3 Å². The summed E-state index contributed by atoms with van der Waals surface area (Å²) in [6, 6.07) is 7.31. The van der Waals surface area contributed by atoms with E-state index < -0.39 is 0 Å². The van der Waals surface area contributed by atoms with E-state index in [-0.39, 0.29) is 5.91 Å². The molecule has 0 saturated heterocycles. The molecule has 0 aliphatic rings. The van der Waals surface area contributed by atoms with Gasteiger partial charge in [-0.05, 0) is 38.0 Å². The number of nitrogens with zero attached hydrogens (tertiary/aromatic N) is 1. The van der Waals surface area contributed by atoms with Gasteiger partial charge in [0.05, 0.1) is 11.6 Å². The van der Waals surface area contributed by atoms with Gasteiger partial charge in [-0.2, -0.15) is 5.26 Å². The number of amides is 1. The monoisotopic (exact) mass is 246 g/mol. The van der Waals surface area contributed by atoms with E-state index in [0.717, 1.165) is 5.56 Å². The predicted octanol–water partition coefficient (Wildman–Crippen LogP) is 2.62. The summed E-state index contributed by atoms with van der Waals surface area (Å²) < 4.78 is 5.17. The van der Waals surface area contributed by atoms with Crippen LogP contribution in [0.2, 0.25) is 0 Å². The van der Waals surface area contributed by atoms with E-state index in [0.29, 0.717) is 37.3 Å². The highest BCUT2D eigenvalue weighted by Gasteiger charge is 2.05. The van der Waals surface area contributed by atoms with E-state index in [1.54, 1.807) is 12.1 Å². The maximum Gasteiger partial charge on any atom is 0.224 e. The van der Waals surface area contributed by atoms with Crippen LogP contribution in [-0.2, 0) is 9.53 Å². The smallest absolute Gasteiger partial charge is 0.224 e. The van der Waals surface area contributed by atoms with Gasteiger partial charge >= 0.3 is 0 Å². The topological polar surface area (TPSA) is 62.1 Å². The van der Waals surface area contributed by atoms with Gasteiger partial charge in [0.15, 0.2) is 0 Å². The van der Waals surface area contributed by atoms with E-state index >= 15 is 0 Å². The number of aryl methyl sites for hydroxylation is 1. The standard InChI is InChI=1S/C14H18N2O2/c1-3-18-8-4-5-14(17)16-13-9-12(10-15)7-6-11(13)2/h6-7,9H,3-5,8H2,1-2H3,(H,16,17). The van der Waals surface area contributed by atoms with Crippen LogP contribution in [0.5, 0.6) is 0 Å². The first-order chi connectivity index (χ1) is 8.67. The van der Waals surface area contributed by atoms with Gasteiger partial charge in [-0.15, -0.1) is 0 Å². The molecule has 0 atom stereocenters. The zero-order valence-corrected chi connectivity index (χ0v) is 10.8. The van der Waals surface area contributed by atoms with Crippen LogP contribution in [0.3, 0.4) is 0 Å². The van der Waals surface area contributed by atoms with Crippen molar-refractivity contribution < 1.29 is 9.53 Å².